The Hall–Kier alpha value is -0.540. The molecule has 13 heavy (non-hydrogen) atoms. The molecule has 0 saturated heterocycles. The number of carbonyl (C=O) groups is 1. The van der Waals surface area contributed by atoms with Crippen LogP contribution in [0.1, 0.15) is 26.2 Å². The predicted octanol–water partition coefficient (Wildman–Crippen LogP) is 1.37. The molecule has 0 rings (SSSR count). The minimum atomic E-state index is -0.0669. The molecule has 4 heteroatoms. The number of carbonyl (C=O) groups excluding carboxylic acids is 1. The summed E-state index contributed by atoms with van der Waals surface area (Å²) >= 11 is 5.48. The van der Waals surface area contributed by atoms with Crippen molar-refractivity contribution in [1.82, 2.24) is 5.32 Å². The molecule has 0 aliphatic carbocycles. The van der Waals surface area contributed by atoms with Crippen molar-refractivity contribution in [2.24, 2.45) is 5.73 Å². The third-order valence-corrected chi connectivity index (χ3v) is 1.72. The van der Waals surface area contributed by atoms with Crippen LogP contribution < -0.4 is 11.1 Å². The van der Waals surface area contributed by atoms with Gasteiger partial charge in [0.1, 0.15) is 0 Å². The van der Waals surface area contributed by atoms with Crippen LogP contribution in [0.5, 0.6) is 0 Å². The van der Waals surface area contributed by atoms with E-state index in [4.69, 9.17) is 17.3 Å². The fourth-order valence-corrected chi connectivity index (χ4v) is 1.04. The molecule has 1 amide bonds. The molecule has 0 saturated carbocycles. The highest BCUT2D eigenvalue weighted by atomic mass is 35.5. The van der Waals surface area contributed by atoms with Crippen LogP contribution in [0.3, 0.4) is 0 Å². The van der Waals surface area contributed by atoms with Gasteiger partial charge in [0.15, 0.2) is 0 Å². The topological polar surface area (TPSA) is 55.1 Å². The molecule has 0 aromatic rings. The molecule has 0 radical (unpaired) electrons. The number of nitrogens with two attached hydrogens (primary N) is 1. The first kappa shape index (κ1) is 12.5. The fraction of sp³-hybridized carbons (Fsp3) is 0.667. The van der Waals surface area contributed by atoms with Crippen molar-refractivity contribution in [3.8, 4) is 0 Å². The van der Waals surface area contributed by atoms with Crippen molar-refractivity contribution in [3.05, 3.63) is 11.6 Å². The molecular weight excluding hydrogens is 188 g/mol. The zero-order valence-corrected chi connectivity index (χ0v) is 8.73. The van der Waals surface area contributed by atoms with Gasteiger partial charge >= 0.3 is 0 Å². The van der Waals surface area contributed by atoms with Gasteiger partial charge in [-0.2, -0.15) is 0 Å². The highest BCUT2D eigenvalue weighted by Gasteiger charge is 2.07. The Kier molecular flexibility index (Phi) is 6.63. The highest BCUT2D eigenvalue weighted by molar-refractivity contribution is 6.29. The number of hydrogen-bond donors (Lipinski definition) is 2. The summed E-state index contributed by atoms with van der Waals surface area (Å²) < 4.78 is 0. The SMILES string of the molecule is C=C(Cl)CNC(=O)CC(N)CCC. The van der Waals surface area contributed by atoms with E-state index in [1.165, 1.54) is 0 Å². The van der Waals surface area contributed by atoms with Gasteiger partial charge in [-0.05, 0) is 6.42 Å². The van der Waals surface area contributed by atoms with E-state index in [9.17, 15) is 4.79 Å². The van der Waals surface area contributed by atoms with E-state index in [2.05, 4.69) is 11.9 Å². The van der Waals surface area contributed by atoms with E-state index >= 15 is 0 Å². The molecule has 1 atom stereocenters. The average molecular weight is 205 g/mol. The fourth-order valence-electron chi connectivity index (χ4n) is 0.978. The normalized spacial score (nSPS) is 12.2. The molecule has 0 aliphatic heterocycles. The maximum Gasteiger partial charge on any atom is 0.221 e. The zero-order chi connectivity index (χ0) is 10.3. The Balaban J connectivity index is 3.55. The van der Waals surface area contributed by atoms with Crippen LogP contribution >= 0.6 is 11.6 Å². The Morgan fingerprint density at radius 3 is 2.77 bits per heavy atom. The van der Waals surface area contributed by atoms with Gasteiger partial charge in [0, 0.05) is 17.5 Å². The van der Waals surface area contributed by atoms with Crippen LogP contribution in [-0.4, -0.2) is 18.5 Å². The first-order valence-electron chi connectivity index (χ1n) is 4.41. The third kappa shape index (κ3) is 7.81. The minimum Gasteiger partial charge on any atom is -0.351 e. The Morgan fingerprint density at radius 1 is 1.69 bits per heavy atom. The minimum absolute atomic E-state index is 0.0476. The standard InChI is InChI=1S/C9H17ClN2O/c1-3-4-8(11)5-9(13)12-6-7(2)10/h8H,2-6,11H2,1H3,(H,12,13). The second-order valence-electron chi connectivity index (χ2n) is 3.05. The summed E-state index contributed by atoms with van der Waals surface area (Å²) in [4.78, 5) is 11.1. The van der Waals surface area contributed by atoms with Gasteiger partial charge in [-0.1, -0.05) is 31.5 Å². The molecule has 76 valence electrons. The molecule has 1 unspecified atom stereocenters. The van der Waals surface area contributed by atoms with E-state index in [0.717, 1.165) is 12.8 Å². The first-order valence-corrected chi connectivity index (χ1v) is 4.79. The van der Waals surface area contributed by atoms with Gasteiger partial charge in [0.25, 0.3) is 0 Å². The van der Waals surface area contributed by atoms with E-state index in [-0.39, 0.29) is 11.9 Å². The van der Waals surface area contributed by atoms with E-state index in [1.54, 1.807) is 0 Å². The molecule has 0 fully saturated rings. The zero-order valence-electron chi connectivity index (χ0n) is 7.98. The molecule has 0 bridgehead atoms. The monoisotopic (exact) mass is 204 g/mol. The number of halogens is 1. The summed E-state index contributed by atoms with van der Waals surface area (Å²) in [5.41, 5.74) is 5.68. The maximum atomic E-state index is 11.1. The number of hydrogen-bond acceptors (Lipinski definition) is 2. The summed E-state index contributed by atoms with van der Waals surface area (Å²) in [5.74, 6) is -0.0669. The lowest BCUT2D eigenvalue weighted by atomic mass is 10.1. The molecule has 0 aromatic heterocycles. The van der Waals surface area contributed by atoms with E-state index < -0.39 is 0 Å². The van der Waals surface area contributed by atoms with Crippen molar-refractivity contribution >= 4 is 17.5 Å². The Morgan fingerprint density at radius 2 is 2.31 bits per heavy atom. The van der Waals surface area contributed by atoms with Crippen molar-refractivity contribution < 1.29 is 4.79 Å². The van der Waals surface area contributed by atoms with Crippen molar-refractivity contribution in [1.29, 1.82) is 0 Å². The van der Waals surface area contributed by atoms with Crippen LogP contribution in [0, 0.1) is 0 Å². The lowest BCUT2D eigenvalue weighted by Crippen LogP contribution is -2.32. The van der Waals surface area contributed by atoms with Crippen LogP contribution in [0.4, 0.5) is 0 Å². The molecule has 3 N–H and O–H groups in total. The number of rotatable bonds is 6. The smallest absolute Gasteiger partial charge is 0.221 e. The van der Waals surface area contributed by atoms with E-state index in [1.807, 2.05) is 6.92 Å². The van der Waals surface area contributed by atoms with Gasteiger partial charge in [-0.15, -0.1) is 0 Å². The van der Waals surface area contributed by atoms with Gasteiger partial charge in [-0.3, -0.25) is 4.79 Å². The van der Waals surface area contributed by atoms with Crippen LogP contribution in [0.15, 0.2) is 11.6 Å². The van der Waals surface area contributed by atoms with Gasteiger partial charge in [0.2, 0.25) is 5.91 Å². The van der Waals surface area contributed by atoms with Crippen LogP contribution in [0.25, 0.3) is 0 Å². The lowest BCUT2D eigenvalue weighted by molar-refractivity contribution is -0.121. The molecule has 0 aromatic carbocycles. The Labute approximate surface area is 84.3 Å². The molecular formula is C9H17ClN2O. The largest absolute Gasteiger partial charge is 0.351 e. The van der Waals surface area contributed by atoms with Crippen LogP contribution in [0.2, 0.25) is 0 Å². The van der Waals surface area contributed by atoms with Crippen LogP contribution in [-0.2, 0) is 4.79 Å². The van der Waals surface area contributed by atoms with Gasteiger partial charge < -0.3 is 11.1 Å². The van der Waals surface area contributed by atoms with Crippen molar-refractivity contribution in [3.63, 3.8) is 0 Å². The average Bonchev–Trinajstić information content (AvgIpc) is 2.01. The maximum absolute atomic E-state index is 11.1. The van der Waals surface area contributed by atoms with Gasteiger partial charge in [-0.25, -0.2) is 0 Å². The number of nitrogens with one attached hydrogen (secondary N) is 1. The van der Waals surface area contributed by atoms with Crippen molar-refractivity contribution in [2.45, 2.75) is 32.2 Å². The molecule has 0 aliphatic rings. The summed E-state index contributed by atoms with van der Waals surface area (Å²) in [5, 5.41) is 3.05. The van der Waals surface area contributed by atoms with Gasteiger partial charge in [0.05, 0.1) is 6.54 Å². The lowest BCUT2D eigenvalue weighted by Gasteiger charge is -2.09. The Bertz CT molecular complexity index is 182. The highest BCUT2D eigenvalue weighted by Crippen LogP contribution is 1.99. The summed E-state index contributed by atoms with van der Waals surface area (Å²) in [6, 6.07) is -0.0476. The second-order valence-corrected chi connectivity index (χ2v) is 3.58. The summed E-state index contributed by atoms with van der Waals surface area (Å²) in [6.07, 6.45) is 2.23. The number of amides is 1. The summed E-state index contributed by atoms with van der Waals surface area (Å²) in [7, 11) is 0. The summed E-state index contributed by atoms with van der Waals surface area (Å²) in [6.45, 7) is 5.82. The molecule has 0 spiro atoms. The predicted molar refractivity (Wildman–Crippen MR) is 55.5 cm³/mol. The first-order chi connectivity index (χ1) is 6.06. The second kappa shape index (κ2) is 6.92. The molecule has 0 heterocycles. The quantitative estimate of drug-likeness (QED) is 0.687. The third-order valence-electron chi connectivity index (χ3n) is 1.58. The molecule has 3 nitrogen and oxygen atoms in total. The van der Waals surface area contributed by atoms with E-state index in [0.29, 0.717) is 18.0 Å². The van der Waals surface area contributed by atoms with Crippen molar-refractivity contribution in [2.75, 3.05) is 6.54 Å².